The fraction of sp³-hybridized carbons (Fsp3) is 0.429. The van der Waals surface area contributed by atoms with Crippen LogP contribution >= 0.6 is 0 Å². The topological polar surface area (TPSA) is 46.6 Å². The van der Waals surface area contributed by atoms with Crippen LogP contribution in [-0.2, 0) is 16.0 Å². The third-order valence-electron chi connectivity index (χ3n) is 3.10. The number of ketones is 1. The van der Waals surface area contributed by atoms with Crippen LogP contribution in [0.4, 0.5) is 5.69 Å². The molecule has 1 aromatic carbocycles. The number of amides is 1. The van der Waals surface area contributed by atoms with Gasteiger partial charge in [-0.3, -0.25) is 9.59 Å². The highest BCUT2D eigenvalue weighted by Gasteiger charge is 2.26. The van der Waals surface area contributed by atoms with Gasteiger partial charge in [0.05, 0.1) is 19.2 Å². The van der Waals surface area contributed by atoms with E-state index in [4.69, 9.17) is 4.74 Å². The Morgan fingerprint density at radius 2 is 2.17 bits per heavy atom. The normalized spacial score (nSPS) is 14.0. The van der Waals surface area contributed by atoms with E-state index in [0.29, 0.717) is 12.3 Å². The number of anilines is 1. The molecule has 0 aliphatic carbocycles. The molecule has 0 bridgehead atoms. The van der Waals surface area contributed by atoms with Gasteiger partial charge in [0, 0.05) is 6.54 Å². The van der Waals surface area contributed by atoms with E-state index in [-0.39, 0.29) is 18.1 Å². The van der Waals surface area contributed by atoms with Crippen molar-refractivity contribution in [3.8, 4) is 5.75 Å². The molecule has 0 saturated heterocycles. The second-order valence-corrected chi connectivity index (χ2v) is 4.50. The average molecular weight is 247 g/mol. The Morgan fingerprint density at radius 3 is 2.83 bits per heavy atom. The van der Waals surface area contributed by atoms with Gasteiger partial charge >= 0.3 is 0 Å². The third kappa shape index (κ3) is 2.37. The predicted molar refractivity (Wildman–Crippen MR) is 69.0 cm³/mol. The highest BCUT2D eigenvalue weighted by molar-refractivity contribution is 6.06. The van der Waals surface area contributed by atoms with Crippen molar-refractivity contribution in [3.05, 3.63) is 23.8 Å². The second-order valence-electron chi connectivity index (χ2n) is 4.50. The number of aryl methyl sites for hydroxylation is 1. The lowest BCUT2D eigenvalue weighted by Crippen LogP contribution is -2.36. The van der Waals surface area contributed by atoms with Gasteiger partial charge in [0.15, 0.2) is 0 Å². The number of methoxy groups -OCH3 is 1. The maximum Gasteiger partial charge on any atom is 0.234 e. The maximum atomic E-state index is 12.1. The molecular weight excluding hydrogens is 230 g/mol. The molecule has 1 aliphatic heterocycles. The Labute approximate surface area is 107 Å². The average Bonchev–Trinajstić information content (AvgIpc) is 2.36. The molecule has 0 saturated carbocycles. The van der Waals surface area contributed by atoms with Crippen LogP contribution in [0.15, 0.2) is 18.2 Å². The molecule has 1 aliphatic rings. The molecule has 4 nitrogen and oxygen atoms in total. The van der Waals surface area contributed by atoms with Gasteiger partial charge in [-0.15, -0.1) is 0 Å². The lowest BCUT2D eigenvalue weighted by Gasteiger charge is -2.30. The smallest absolute Gasteiger partial charge is 0.234 e. The fourth-order valence-electron chi connectivity index (χ4n) is 2.34. The molecule has 18 heavy (non-hydrogen) atoms. The predicted octanol–water partition coefficient (Wildman–Crippen LogP) is 1.95. The summed E-state index contributed by atoms with van der Waals surface area (Å²) in [7, 11) is 1.60. The van der Waals surface area contributed by atoms with Crippen molar-refractivity contribution in [1.29, 1.82) is 0 Å². The summed E-state index contributed by atoms with van der Waals surface area (Å²) < 4.78 is 5.32. The molecule has 1 amide bonds. The van der Waals surface area contributed by atoms with Crippen LogP contribution in [0.25, 0.3) is 0 Å². The molecule has 96 valence electrons. The first-order chi connectivity index (χ1) is 8.63. The maximum absolute atomic E-state index is 12.1. The van der Waals surface area contributed by atoms with Gasteiger partial charge < -0.3 is 9.64 Å². The van der Waals surface area contributed by atoms with Crippen molar-refractivity contribution in [3.63, 3.8) is 0 Å². The van der Waals surface area contributed by atoms with E-state index in [1.54, 1.807) is 12.0 Å². The molecule has 0 unspecified atom stereocenters. The number of carbonyl (C=O) groups excluding carboxylic acids is 2. The third-order valence-corrected chi connectivity index (χ3v) is 3.10. The summed E-state index contributed by atoms with van der Waals surface area (Å²) in [6, 6.07) is 5.78. The molecule has 0 fully saturated rings. The van der Waals surface area contributed by atoms with Crippen molar-refractivity contribution >= 4 is 17.4 Å². The van der Waals surface area contributed by atoms with Crippen molar-refractivity contribution in [1.82, 2.24) is 0 Å². The van der Waals surface area contributed by atoms with Gasteiger partial charge in [-0.25, -0.2) is 0 Å². The van der Waals surface area contributed by atoms with Gasteiger partial charge in [-0.1, -0.05) is 12.1 Å². The van der Waals surface area contributed by atoms with Crippen molar-refractivity contribution in [2.45, 2.75) is 26.2 Å². The van der Waals surface area contributed by atoms with Crippen molar-refractivity contribution in [2.24, 2.45) is 0 Å². The summed E-state index contributed by atoms with van der Waals surface area (Å²) in [5.41, 5.74) is 1.94. The zero-order valence-corrected chi connectivity index (χ0v) is 10.7. The van der Waals surface area contributed by atoms with Gasteiger partial charge in [-0.05, 0) is 31.4 Å². The first kappa shape index (κ1) is 12.6. The van der Waals surface area contributed by atoms with Gasteiger partial charge in [0.1, 0.15) is 11.5 Å². The Hall–Kier alpha value is -1.84. The lowest BCUT2D eigenvalue weighted by atomic mass is 10.0. The summed E-state index contributed by atoms with van der Waals surface area (Å²) in [5.74, 6) is 0.444. The zero-order chi connectivity index (χ0) is 13.1. The number of fused-ring (bicyclic) bond motifs is 1. The van der Waals surface area contributed by atoms with Crippen LogP contribution in [0.5, 0.6) is 5.75 Å². The molecule has 0 N–H and O–H groups in total. The molecule has 0 radical (unpaired) electrons. The van der Waals surface area contributed by atoms with Crippen molar-refractivity contribution in [2.75, 3.05) is 18.6 Å². The number of rotatable bonds is 3. The van der Waals surface area contributed by atoms with E-state index < -0.39 is 0 Å². The molecule has 0 atom stereocenters. The number of carbonyl (C=O) groups is 2. The highest BCUT2D eigenvalue weighted by atomic mass is 16.5. The number of ether oxygens (including phenoxy) is 1. The second kappa shape index (κ2) is 5.21. The standard InChI is InChI=1S/C14H17NO3/c1-10(16)9-13(17)15-8-4-6-11-5-3-7-12(18-2)14(11)15/h3,5,7H,4,6,8-9H2,1-2H3. The zero-order valence-electron chi connectivity index (χ0n) is 10.7. The Kier molecular flexibility index (Phi) is 3.65. The lowest BCUT2D eigenvalue weighted by molar-refractivity contribution is -0.125. The van der Waals surface area contributed by atoms with Crippen LogP contribution in [0.2, 0.25) is 0 Å². The molecule has 2 rings (SSSR count). The number of hydrogen-bond acceptors (Lipinski definition) is 3. The Balaban J connectivity index is 2.37. The van der Waals surface area contributed by atoms with Crippen LogP contribution in [-0.4, -0.2) is 25.3 Å². The van der Waals surface area contributed by atoms with E-state index in [9.17, 15) is 9.59 Å². The fourth-order valence-corrected chi connectivity index (χ4v) is 2.34. The minimum absolute atomic E-state index is 0.0442. The SMILES string of the molecule is COc1cccc2c1N(C(=O)CC(C)=O)CCC2. The van der Waals surface area contributed by atoms with Crippen LogP contribution < -0.4 is 9.64 Å². The van der Waals surface area contributed by atoms with E-state index in [2.05, 4.69) is 0 Å². The van der Waals surface area contributed by atoms with Gasteiger partial charge in [0.2, 0.25) is 5.91 Å². The van der Waals surface area contributed by atoms with Crippen LogP contribution in [0.3, 0.4) is 0 Å². The molecule has 1 heterocycles. The number of nitrogens with zero attached hydrogens (tertiary/aromatic N) is 1. The number of Topliss-reactive ketones (excluding diaryl/α,β-unsaturated/α-hetero) is 1. The molecule has 0 spiro atoms. The summed E-state index contributed by atoms with van der Waals surface area (Å²) in [6.45, 7) is 2.09. The van der Waals surface area contributed by atoms with Crippen LogP contribution in [0, 0.1) is 0 Å². The number of hydrogen-bond donors (Lipinski definition) is 0. The molecule has 1 aromatic rings. The van der Waals surface area contributed by atoms with Gasteiger partial charge in [-0.2, -0.15) is 0 Å². The van der Waals surface area contributed by atoms with Crippen LogP contribution in [0.1, 0.15) is 25.3 Å². The minimum Gasteiger partial charge on any atom is -0.495 e. The summed E-state index contributed by atoms with van der Waals surface area (Å²) >= 11 is 0. The number of benzene rings is 1. The molecule has 4 heteroatoms. The number of para-hydroxylation sites is 1. The minimum atomic E-state index is -0.145. The van der Waals surface area contributed by atoms with Gasteiger partial charge in [0.25, 0.3) is 0 Å². The highest BCUT2D eigenvalue weighted by Crippen LogP contribution is 2.36. The summed E-state index contributed by atoms with van der Waals surface area (Å²) in [4.78, 5) is 24.9. The monoisotopic (exact) mass is 247 g/mol. The summed E-state index contributed by atoms with van der Waals surface area (Å²) in [6.07, 6.45) is 1.82. The molecule has 0 aromatic heterocycles. The first-order valence-corrected chi connectivity index (χ1v) is 6.09. The van der Waals surface area contributed by atoms with E-state index in [1.807, 2.05) is 18.2 Å². The molecular formula is C14H17NO3. The van der Waals surface area contributed by atoms with E-state index in [1.165, 1.54) is 6.92 Å². The summed E-state index contributed by atoms with van der Waals surface area (Å²) in [5, 5.41) is 0. The Morgan fingerprint density at radius 1 is 1.39 bits per heavy atom. The Bertz CT molecular complexity index is 468. The largest absolute Gasteiger partial charge is 0.495 e. The van der Waals surface area contributed by atoms with Crippen molar-refractivity contribution < 1.29 is 14.3 Å². The van der Waals surface area contributed by atoms with E-state index >= 15 is 0 Å². The van der Waals surface area contributed by atoms with E-state index in [0.717, 1.165) is 24.1 Å². The quantitative estimate of drug-likeness (QED) is 0.767. The first-order valence-electron chi connectivity index (χ1n) is 6.09.